The zero-order valence-electron chi connectivity index (χ0n) is 14.0. The van der Waals surface area contributed by atoms with Crippen LogP contribution < -0.4 is 10.9 Å². The van der Waals surface area contributed by atoms with E-state index in [-0.39, 0.29) is 11.3 Å². The van der Waals surface area contributed by atoms with E-state index in [2.05, 4.69) is 15.5 Å². The quantitative estimate of drug-likeness (QED) is 0.607. The summed E-state index contributed by atoms with van der Waals surface area (Å²) < 4.78 is 0. The molecular formula is C19H15Cl2N3O3. The number of aromatic amines is 1. The third-order valence-electron chi connectivity index (χ3n) is 3.91. The van der Waals surface area contributed by atoms with Gasteiger partial charge in [0.05, 0.1) is 5.69 Å². The first-order valence-corrected chi connectivity index (χ1v) is 8.81. The van der Waals surface area contributed by atoms with E-state index in [9.17, 15) is 14.7 Å². The Kier molecular flexibility index (Phi) is 5.78. The Balaban J connectivity index is 1.71. The molecule has 2 aromatic carbocycles. The van der Waals surface area contributed by atoms with Crippen LogP contribution in [-0.2, 0) is 6.42 Å². The monoisotopic (exact) mass is 403 g/mol. The lowest BCUT2D eigenvalue weighted by molar-refractivity contribution is 0.0952. The molecule has 0 radical (unpaired) electrons. The van der Waals surface area contributed by atoms with Gasteiger partial charge in [0.2, 0.25) is 0 Å². The first kappa shape index (κ1) is 18.9. The lowest BCUT2D eigenvalue weighted by Crippen LogP contribution is -2.31. The Labute approximate surface area is 164 Å². The highest BCUT2D eigenvalue weighted by Gasteiger charge is 2.13. The summed E-state index contributed by atoms with van der Waals surface area (Å²) in [4.78, 5) is 24.3. The predicted molar refractivity (Wildman–Crippen MR) is 104 cm³/mol. The molecule has 27 heavy (non-hydrogen) atoms. The molecule has 0 unspecified atom stereocenters. The minimum atomic E-state index is -0.584. The van der Waals surface area contributed by atoms with Crippen LogP contribution >= 0.6 is 23.2 Å². The number of amides is 1. The van der Waals surface area contributed by atoms with Crippen molar-refractivity contribution >= 4 is 29.1 Å². The van der Waals surface area contributed by atoms with Crippen molar-refractivity contribution in [3.8, 4) is 17.0 Å². The molecule has 0 aliphatic heterocycles. The average Bonchev–Trinajstić information content (AvgIpc) is 2.64. The minimum absolute atomic E-state index is 0.0460. The Bertz CT molecular complexity index is 1030. The number of nitrogens with one attached hydrogen (secondary N) is 2. The van der Waals surface area contributed by atoms with Gasteiger partial charge in [-0.15, -0.1) is 0 Å². The predicted octanol–water partition coefficient (Wildman–Crippen LogP) is 3.42. The van der Waals surface area contributed by atoms with Gasteiger partial charge in [0.25, 0.3) is 11.5 Å². The summed E-state index contributed by atoms with van der Waals surface area (Å²) in [5.41, 5.74) is 1.29. The lowest BCUT2D eigenvalue weighted by Gasteiger charge is -2.08. The van der Waals surface area contributed by atoms with Crippen molar-refractivity contribution in [2.75, 3.05) is 6.54 Å². The number of halogens is 2. The van der Waals surface area contributed by atoms with Gasteiger partial charge in [-0.1, -0.05) is 29.3 Å². The SMILES string of the molecule is O=C(NCCc1ccc(Cl)cc1Cl)c1cc(-c2ccc(O)cc2)n[nH]c1=O. The smallest absolute Gasteiger partial charge is 0.277 e. The third-order valence-corrected chi connectivity index (χ3v) is 4.49. The first-order chi connectivity index (χ1) is 12.9. The number of benzene rings is 2. The Morgan fingerprint density at radius 3 is 2.56 bits per heavy atom. The summed E-state index contributed by atoms with van der Waals surface area (Å²) in [5.74, 6) is -0.397. The second-order valence-corrected chi connectivity index (χ2v) is 6.63. The van der Waals surface area contributed by atoms with Crippen molar-refractivity contribution in [3.63, 3.8) is 0 Å². The number of rotatable bonds is 5. The number of phenolic OH excluding ortho intramolecular Hbond substituents is 1. The van der Waals surface area contributed by atoms with E-state index in [0.717, 1.165) is 5.56 Å². The van der Waals surface area contributed by atoms with Crippen molar-refractivity contribution in [2.45, 2.75) is 6.42 Å². The second-order valence-electron chi connectivity index (χ2n) is 5.78. The van der Waals surface area contributed by atoms with Crippen molar-refractivity contribution < 1.29 is 9.90 Å². The fourth-order valence-corrected chi connectivity index (χ4v) is 2.99. The van der Waals surface area contributed by atoms with Gasteiger partial charge in [0.1, 0.15) is 11.3 Å². The standard InChI is InChI=1S/C19H15Cl2N3O3/c20-13-4-1-11(16(21)9-13)7-8-22-18(26)15-10-17(23-24-19(15)27)12-2-5-14(25)6-3-12/h1-6,9-10,25H,7-8H2,(H,22,26)(H,24,27). The number of hydrogen-bond acceptors (Lipinski definition) is 4. The van der Waals surface area contributed by atoms with Gasteiger partial charge < -0.3 is 10.4 Å². The fourth-order valence-electron chi connectivity index (χ4n) is 2.48. The maximum absolute atomic E-state index is 12.4. The number of phenols is 1. The third kappa shape index (κ3) is 4.67. The molecule has 1 amide bonds. The number of carbonyl (C=O) groups excluding carboxylic acids is 1. The molecule has 1 aromatic heterocycles. The highest BCUT2D eigenvalue weighted by molar-refractivity contribution is 6.35. The van der Waals surface area contributed by atoms with Crippen LogP contribution in [0.5, 0.6) is 5.75 Å². The van der Waals surface area contributed by atoms with Gasteiger partial charge in [-0.3, -0.25) is 9.59 Å². The van der Waals surface area contributed by atoms with Gasteiger partial charge in [0, 0.05) is 22.2 Å². The summed E-state index contributed by atoms with van der Waals surface area (Å²) in [6.45, 7) is 0.302. The molecule has 3 aromatic rings. The zero-order valence-corrected chi connectivity index (χ0v) is 15.5. The highest BCUT2D eigenvalue weighted by Crippen LogP contribution is 2.21. The topological polar surface area (TPSA) is 95.1 Å². The zero-order chi connectivity index (χ0) is 19.4. The van der Waals surface area contributed by atoms with Gasteiger partial charge in [-0.2, -0.15) is 5.10 Å². The highest BCUT2D eigenvalue weighted by atomic mass is 35.5. The number of hydrogen-bond donors (Lipinski definition) is 3. The number of nitrogens with zero attached hydrogens (tertiary/aromatic N) is 1. The van der Waals surface area contributed by atoms with Crippen molar-refractivity contribution in [1.82, 2.24) is 15.5 Å². The van der Waals surface area contributed by atoms with Crippen LogP contribution in [0.3, 0.4) is 0 Å². The molecule has 0 saturated carbocycles. The van der Waals surface area contributed by atoms with Crippen LogP contribution in [0.2, 0.25) is 10.0 Å². The Morgan fingerprint density at radius 1 is 1.11 bits per heavy atom. The summed E-state index contributed by atoms with van der Waals surface area (Å²) >= 11 is 12.0. The molecule has 8 heteroatoms. The molecule has 3 rings (SSSR count). The van der Waals surface area contributed by atoms with E-state index in [1.165, 1.54) is 18.2 Å². The summed E-state index contributed by atoms with van der Waals surface area (Å²) in [6.07, 6.45) is 0.496. The number of carbonyl (C=O) groups is 1. The molecule has 138 valence electrons. The van der Waals surface area contributed by atoms with Crippen LogP contribution in [0.25, 0.3) is 11.3 Å². The van der Waals surface area contributed by atoms with E-state index in [1.807, 2.05) is 0 Å². The molecule has 3 N–H and O–H groups in total. The molecule has 0 aliphatic carbocycles. The van der Waals surface area contributed by atoms with Gasteiger partial charge >= 0.3 is 0 Å². The van der Waals surface area contributed by atoms with Crippen LogP contribution in [0.4, 0.5) is 0 Å². The summed E-state index contributed by atoms with van der Waals surface area (Å²) in [7, 11) is 0. The number of aromatic hydroxyl groups is 1. The molecule has 0 bridgehead atoms. The van der Waals surface area contributed by atoms with Gasteiger partial charge in [-0.25, -0.2) is 5.10 Å². The summed E-state index contributed by atoms with van der Waals surface area (Å²) in [6, 6.07) is 12.8. The van der Waals surface area contributed by atoms with E-state index >= 15 is 0 Å². The normalized spacial score (nSPS) is 10.6. The van der Waals surface area contributed by atoms with Crippen molar-refractivity contribution in [2.24, 2.45) is 0 Å². The first-order valence-electron chi connectivity index (χ1n) is 8.05. The fraction of sp³-hybridized carbons (Fsp3) is 0.105. The maximum Gasteiger partial charge on any atom is 0.277 e. The van der Waals surface area contributed by atoms with Crippen molar-refractivity contribution in [1.29, 1.82) is 0 Å². The molecule has 0 saturated heterocycles. The van der Waals surface area contributed by atoms with Gasteiger partial charge in [-0.05, 0) is 54.4 Å². The average molecular weight is 404 g/mol. The van der Waals surface area contributed by atoms with Crippen LogP contribution in [0.15, 0.2) is 53.3 Å². The largest absolute Gasteiger partial charge is 0.508 e. The number of H-pyrrole nitrogens is 1. The van der Waals surface area contributed by atoms with E-state index in [4.69, 9.17) is 23.2 Å². The molecule has 1 heterocycles. The van der Waals surface area contributed by atoms with E-state index in [0.29, 0.717) is 34.3 Å². The van der Waals surface area contributed by atoms with E-state index < -0.39 is 11.5 Å². The maximum atomic E-state index is 12.4. The van der Waals surface area contributed by atoms with Crippen LogP contribution in [-0.4, -0.2) is 27.8 Å². The molecule has 0 aliphatic rings. The van der Waals surface area contributed by atoms with Crippen molar-refractivity contribution in [3.05, 3.63) is 80.1 Å². The van der Waals surface area contributed by atoms with E-state index in [1.54, 1.807) is 30.3 Å². The van der Waals surface area contributed by atoms with Gasteiger partial charge in [0.15, 0.2) is 0 Å². The molecule has 0 atom stereocenters. The molecular weight excluding hydrogens is 389 g/mol. The summed E-state index contributed by atoms with van der Waals surface area (Å²) in [5, 5.41) is 19.4. The lowest BCUT2D eigenvalue weighted by atomic mass is 10.1. The second kappa shape index (κ2) is 8.24. The Morgan fingerprint density at radius 2 is 1.85 bits per heavy atom. The molecule has 0 fully saturated rings. The number of aromatic nitrogens is 2. The molecule has 0 spiro atoms. The minimum Gasteiger partial charge on any atom is -0.508 e. The Hall–Kier alpha value is -2.83. The molecule has 6 nitrogen and oxygen atoms in total. The van der Waals surface area contributed by atoms with Crippen LogP contribution in [0, 0.1) is 0 Å². The van der Waals surface area contributed by atoms with Crippen LogP contribution in [0.1, 0.15) is 15.9 Å².